The topological polar surface area (TPSA) is 75.6 Å². The number of ether oxygens (including phenoxy) is 1. The van der Waals surface area contributed by atoms with Crippen LogP contribution in [0.15, 0.2) is 84.9 Å². The lowest BCUT2D eigenvalue weighted by Gasteiger charge is -2.28. The first kappa shape index (κ1) is 20.8. The minimum Gasteiger partial charge on any atom is -0.453 e. The molecule has 5 nitrogen and oxygen atoms in total. The van der Waals surface area contributed by atoms with Gasteiger partial charge in [0.2, 0.25) is 5.60 Å². The van der Waals surface area contributed by atoms with Crippen LogP contribution >= 0.6 is 0 Å². The number of esters is 1. The molecular formula is C26H25NO4. The van der Waals surface area contributed by atoms with Crippen molar-refractivity contribution in [2.75, 3.05) is 6.61 Å². The van der Waals surface area contributed by atoms with Crippen LogP contribution in [0.25, 0.3) is 0 Å². The quantitative estimate of drug-likeness (QED) is 0.603. The van der Waals surface area contributed by atoms with Gasteiger partial charge in [0.15, 0.2) is 6.61 Å². The summed E-state index contributed by atoms with van der Waals surface area (Å²) >= 11 is 0. The van der Waals surface area contributed by atoms with Gasteiger partial charge in [0.05, 0.1) is 6.04 Å². The zero-order chi connectivity index (χ0) is 21.7. The number of benzene rings is 3. The van der Waals surface area contributed by atoms with Gasteiger partial charge >= 0.3 is 5.97 Å². The molecule has 5 heteroatoms. The fraction of sp³-hybridized carbons (Fsp3) is 0.231. The Morgan fingerprint density at radius 1 is 0.903 bits per heavy atom. The molecule has 1 atom stereocenters. The lowest BCUT2D eigenvalue weighted by molar-refractivity contribution is -0.164. The number of hydrogen-bond donors (Lipinski definition) is 2. The van der Waals surface area contributed by atoms with Crippen molar-refractivity contribution >= 4 is 11.9 Å². The van der Waals surface area contributed by atoms with Gasteiger partial charge in [-0.15, -0.1) is 0 Å². The Labute approximate surface area is 181 Å². The van der Waals surface area contributed by atoms with Gasteiger partial charge in [-0.25, -0.2) is 4.79 Å². The molecule has 0 spiro atoms. The normalized spacial score (nSPS) is 15.6. The summed E-state index contributed by atoms with van der Waals surface area (Å²) in [6.45, 7) is -0.459. The number of rotatable bonds is 6. The maximum atomic E-state index is 13.0. The molecule has 0 saturated carbocycles. The van der Waals surface area contributed by atoms with Crippen LogP contribution in [0.2, 0.25) is 0 Å². The number of aliphatic hydroxyl groups is 1. The number of aryl methyl sites for hydroxylation is 1. The standard InChI is InChI=1S/C26H25NO4/c28-24(27-23-17-9-11-19-10-7-8-16-22(19)23)18-31-25(29)26(30,20-12-3-1-4-13-20)21-14-5-2-6-15-21/h1-8,10,12-16,23,30H,9,11,17-18H2,(H,27,28)/t23-/m1/s1. The van der Waals surface area contributed by atoms with Crippen LogP contribution in [0.3, 0.4) is 0 Å². The first-order chi connectivity index (χ1) is 15.1. The van der Waals surface area contributed by atoms with Gasteiger partial charge in [-0.3, -0.25) is 4.79 Å². The molecule has 158 valence electrons. The van der Waals surface area contributed by atoms with Crippen LogP contribution < -0.4 is 5.32 Å². The van der Waals surface area contributed by atoms with Crippen molar-refractivity contribution in [3.8, 4) is 0 Å². The van der Waals surface area contributed by atoms with Gasteiger partial charge in [-0.05, 0) is 41.5 Å². The first-order valence-corrected chi connectivity index (χ1v) is 10.5. The van der Waals surface area contributed by atoms with E-state index in [4.69, 9.17) is 4.74 Å². The maximum Gasteiger partial charge on any atom is 0.348 e. The molecule has 1 amide bonds. The minimum atomic E-state index is -2.00. The van der Waals surface area contributed by atoms with E-state index in [2.05, 4.69) is 11.4 Å². The lowest BCUT2D eigenvalue weighted by atomic mass is 9.86. The molecule has 4 rings (SSSR count). The second-order valence-corrected chi connectivity index (χ2v) is 7.73. The van der Waals surface area contributed by atoms with Crippen LogP contribution in [-0.4, -0.2) is 23.6 Å². The number of amides is 1. The third-order valence-electron chi connectivity index (χ3n) is 5.72. The van der Waals surface area contributed by atoms with Crippen molar-refractivity contribution < 1.29 is 19.4 Å². The molecule has 0 aromatic heterocycles. The monoisotopic (exact) mass is 415 g/mol. The Kier molecular flexibility index (Phi) is 6.14. The lowest BCUT2D eigenvalue weighted by Crippen LogP contribution is -2.41. The molecule has 0 fully saturated rings. The predicted molar refractivity (Wildman–Crippen MR) is 117 cm³/mol. The number of fused-ring (bicyclic) bond motifs is 1. The van der Waals surface area contributed by atoms with E-state index in [1.807, 2.05) is 18.2 Å². The van der Waals surface area contributed by atoms with Crippen LogP contribution in [0.4, 0.5) is 0 Å². The van der Waals surface area contributed by atoms with Crippen molar-refractivity contribution in [3.05, 3.63) is 107 Å². The fourth-order valence-electron chi connectivity index (χ4n) is 4.14. The van der Waals surface area contributed by atoms with Gasteiger partial charge in [0.1, 0.15) is 0 Å². The van der Waals surface area contributed by atoms with Crippen molar-refractivity contribution in [2.45, 2.75) is 30.9 Å². The summed E-state index contributed by atoms with van der Waals surface area (Å²) in [7, 11) is 0. The molecule has 0 saturated heterocycles. The Bertz CT molecular complexity index is 1010. The summed E-state index contributed by atoms with van der Waals surface area (Å²) in [5.41, 5.74) is 1.11. The molecule has 0 unspecified atom stereocenters. The van der Waals surface area contributed by atoms with E-state index in [0.29, 0.717) is 11.1 Å². The molecule has 0 heterocycles. The van der Waals surface area contributed by atoms with E-state index in [0.717, 1.165) is 24.8 Å². The Balaban J connectivity index is 1.47. The highest BCUT2D eigenvalue weighted by Crippen LogP contribution is 2.31. The van der Waals surface area contributed by atoms with Crippen molar-refractivity contribution in [1.82, 2.24) is 5.32 Å². The zero-order valence-corrected chi connectivity index (χ0v) is 17.2. The van der Waals surface area contributed by atoms with Gasteiger partial charge in [0, 0.05) is 0 Å². The highest BCUT2D eigenvalue weighted by atomic mass is 16.6. The van der Waals surface area contributed by atoms with Gasteiger partial charge in [-0.2, -0.15) is 0 Å². The summed E-state index contributed by atoms with van der Waals surface area (Å²) in [4.78, 5) is 25.6. The molecule has 0 aliphatic heterocycles. The minimum absolute atomic E-state index is 0.0988. The summed E-state index contributed by atoms with van der Waals surface area (Å²) in [6, 6.07) is 25.2. The second-order valence-electron chi connectivity index (χ2n) is 7.73. The number of carbonyl (C=O) groups is 2. The first-order valence-electron chi connectivity index (χ1n) is 10.5. The predicted octanol–water partition coefficient (Wildman–Crippen LogP) is 3.66. The molecule has 3 aromatic carbocycles. The van der Waals surface area contributed by atoms with E-state index in [-0.39, 0.29) is 6.04 Å². The Hall–Kier alpha value is -3.44. The van der Waals surface area contributed by atoms with Crippen molar-refractivity contribution in [3.63, 3.8) is 0 Å². The average Bonchev–Trinajstić information content (AvgIpc) is 2.83. The van der Waals surface area contributed by atoms with E-state index in [9.17, 15) is 14.7 Å². The molecular weight excluding hydrogens is 390 g/mol. The molecule has 3 aromatic rings. The number of carbonyl (C=O) groups excluding carboxylic acids is 2. The van der Waals surface area contributed by atoms with E-state index in [1.54, 1.807) is 60.7 Å². The summed E-state index contributed by atoms with van der Waals surface area (Å²) < 4.78 is 5.31. The summed E-state index contributed by atoms with van der Waals surface area (Å²) in [6.07, 6.45) is 2.83. The van der Waals surface area contributed by atoms with E-state index < -0.39 is 24.1 Å². The smallest absolute Gasteiger partial charge is 0.348 e. The largest absolute Gasteiger partial charge is 0.453 e. The summed E-state index contributed by atoms with van der Waals surface area (Å²) in [5.74, 6) is -1.28. The maximum absolute atomic E-state index is 13.0. The molecule has 31 heavy (non-hydrogen) atoms. The van der Waals surface area contributed by atoms with E-state index >= 15 is 0 Å². The van der Waals surface area contributed by atoms with Crippen LogP contribution in [0.1, 0.15) is 41.1 Å². The highest BCUT2D eigenvalue weighted by Gasteiger charge is 2.42. The third-order valence-corrected chi connectivity index (χ3v) is 5.72. The molecule has 1 aliphatic carbocycles. The zero-order valence-electron chi connectivity index (χ0n) is 17.2. The number of hydrogen-bond acceptors (Lipinski definition) is 4. The Morgan fingerprint density at radius 3 is 2.13 bits per heavy atom. The number of nitrogens with one attached hydrogen (secondary N) is 1. The van der Waals surface area contributed by atoms with Gasteiger partial charge < -0.3 is 15.2 Å². The van der Waals surface area contributed by atoms with Crippen LogP contribution in [0, 0.1) is 0 Å². The SMILES string of the molecule is O=C(COC(=O)C(O)(c1ccccc1)c1ccccc1)N[C@@H]1CCCc2ccccc21. The highest BCUT2D eigenvalue weighted by molar-refractivity contribution is 5.88. The third kappa shape index (κ3) is 4.37. The Morgan fingerprint density at radius 2 is 1.48 bits per heavy atom. The average molecular weight is 415 g/mol. The second kappa shape index (κ2) is 9.14. The molecule has 2 N–H and O–H groups in total. The van der Waals surface area contributed by atoms with E-state index in [1.165, 1.54) is 5.56 Å². The molecule has 0 radical (unpaired) electrons. The van der Waals surface area contributed by atoms with Gasteiger partial charge in [-0.1, -0.05) is 84.9 Å². The summed E-state index contributed by atoms with van der Waals surface area (Å²) in [5, 5.41) is 14.3. The van der Waals surface area contributed by atoms with Crippen molar-refractivity contribution in [2.24, 2.45) is 0 Å². The van der Waals surface area contributed by atoms with Crippen LogP contribution in [-0.2, 0) is 26.3 Å². The fourth-order valence-corrected chi connectivity index (χ4v) is 4.14. The van der Waals surface area contributed by atoms with Crippen LogP contribution in [0.5, 0.6) is 0 Å². The molecule has 1 aliphatic rings. The van der Waals surface area contributed by atoms with Gasteiger partial charge in [0.25, 0.3) is 5.91 Å². The van der Waals surface area contributed by atoms with Crippen molar-refractivity contribution in [1.29, 1.82) is 0 Å². The molecule has 0 bridgehead atoms.